The molecule has 3 aliphatic rings. The van der Waals surface area contributed by atoms with Gasteiger partial charge in [-0.3, -0.25) is 9.69 Å². The second-order valence-corrected chi connectivity index (χ2v) is 6.94. The minimum absolute atomic E-state index is 0.222. The van der Waals surface area contributed by atoms with Crippen LogP contribution in [-0.4, -0.2) is 60.0 Å². The van der Waals surface area contributed by atoms with Crippen LogP contribution in [0.2, 0.25) is 0 Å². The van der Waals surface area contributed by atoms with E-state index in [0.29, 0.717) is 17.9 Å². The summed E-state index contributed by atoms with van der Waals surface area (Å²) >= 11 is 0. The van der Waals surface area contributed by atoms with E-state index in [2.05, 4.69) is 29.0 Å². The summed E-state index contributed by atoms with van der Waals surface area (Å²) in [5.41, 5.74) is 0.222. The molecule has 1 unspecified atom stereocenters. The molecular weight excluding hydrogens is 238 g/mol. The normalized spacial score (nSPS) is 32.3. The van der Waals surface area contributed by atoms with Crippen LogP contribution < -0.4 is 5.32 Å². The van der Waals surface area contributed by atoms with Gasteiger partial charge in [0.1, 0.15) is 0 Å². The molecule has 2 heterocycles. The van der Waals surface area contributed by atoms with Gasteiger partial charge in [0.15, 0.2) is 0 Å². The molecule has 0 aromatic heterocycles. The number of carbonyl (C=O) groups is 1. The van der Waals surface area contributed by atoms with E-state index in [1.807, 2.05) is 0 Å². The molecule has 0 bridgehead atoms. The molecule has 2 aliphatic heterocycles. The van der Waals surface area contributed by atoms with Gasteiger partial charge in [-0.1, -0.05) is 6.42 Å². The maximum absolute atomic E-state index is 12.2. The van der Waals surface area contributed by atoms with Crippen molar-refractivity contribution in [1.82, 2.24) is 15.1 Å². The first-order chi connectivity index (χ1) is 9.08. The van der Waals surface area contributed by atoms with Crippen molar-refractivity contribution in [2.45, 2.75) is 51.1 Å². The number of piperazine rings is 1. The van der Waals surface area contributed by atoms with Crippen LogP contribution >= 0.6 is 0 Å². The van der Waals surface area contributed by atoms with Gasteiger partial charge in [-0.25, -0.2) is 0 Å². The largest absolute Gasteiger partial charge is 0.340 e. The number of amides is 1. The number of rotatable bonds is 2. The maximum atomic E-state index is 12.2. The first-order valence-corrected chi connectivity index (χ1v) is 7.86. The minimum atomic E-state index is 0.222. The van der Waals surface area contributed by atoms with Crippen LogP contribution in [0, 0.1) is 5.92 Å². The highest BCUT2D eigenvalue weighted by Crippen LogP contribution is 2.30. The van der Waals surface area contributed by atoms with Crippen LogP contribution in [0.25, 0.3) is 0 Å². The molecule has 19 heavy (non-hydrogen) atoms. The molecule has 3 fully saturated rings. The lowest BCUT2D eigenvalue weighted by molar-refractivity contribution is -0.140. The molecule has 0 spiro atoms. The van der Waals surface area contributed by atoms with Gasteiger partial charge in [-0.05, 0) is 39.7 Å². The zero-order chi connectivity index (χ0) is 13.5. The summed E-state index contributed by atoms with van der Waals surface area (Å²) in [6.07, 6.45) is 4.74. The maximum Gasteiger partial charge on any atom is 0.225 e. The lowest BCUT2D eigenvalue weighted by atomic mass is 9.84. The van der Waals surface area contributed by atoms with Gasteiger partial charge in [0.2, 0.25) is 5.91 Å². The Balaban J connectivity index is 1.53. The summed E-state index contributed by atoms with van der Waals surface area (Å²) in [6.45, 7) is 9.69. The fourth-order valence-corrected chi connectivity index (χ4v) is 3.82. The highest BCUT2D eigenvalue weighted by atomic mass is 16.2. The van der Waals surface area contributed by atoms with E-state index in [9.17, 15) is 4.79 Å². The van der Waals surface area contributed by atoms with Crippen LogP contribution in [-0.2, 0) is 4.79 Å². The van der Waals surface area contributed by atoms with Crippen molar-refractivity contribution in [3.63, 3.8) is 0 Å². The lowest BCUT2D eigenvalue weighted by Crippen LogP contribution is -2.58. The molecule has 1 N–H and O–H groups in total. The van der Waals surface area contributed by atoms with E-state index in [-0.39, 0.29) is 5.54 Å². The zero-order valence-electron chi connectivity index (χ0n) is 12.3. The smallest absolute Gasteiger partial charge is 0.225 e. The summed E-state index contributed by atoms with van der Waals surface area (Å²) in [7, 11) is 0. The summed E-state index contributed by atoms with van der Waals surface area (Å²) in [5, 5.41) is 3.59. The van der Waals surface area contributed by atoms with E-state index in [1.54, 1.807) is 0 Å². The molecule has 108 valence electrons. The van der Waals surface area contributed by atoms with Crippen molar-refractivity contribution >= 4 is 5.91 Å². The second-order valence-electron chi connectivity index (χ2n) is 6.94. The van der Waals surface area contributed by atoms with E-state index in [0.717, 1.165) is 45.6 Å². The monoisotopic (exact) mass is 265 g/mol. The highest BCUT2D eigenvalue weighted by Gasteiger charge is 2.40. The van der Waals surface area contributed by atoms with Crippen LogP contribution in [0.15, 0.2) is 0 Å². The predicted molar refractivity (Wildman–Crippen MR) is 76.0 cm³/mol. The standard InChI is InChI=1S/C15H27N3O/c1-15(2)13(6-7-16-15)17-8-10-18(11-9-17)14(19)12-4-3-5-12/h12-13,16H,3-11H2,1-2H3. The predicted octanol–water partition coefficient (Wildman–Crippen LogP) is 1.07. The number of nitrogens with zero attached hydrogens (tertiary/aromatic N) is 2. The number of carbonyl (C=O) groups excluding carboxylic acids is 1. The van der Waals surface area contributed by atoms with Crippen LogP contribution in [0.3, 0.4) is 0 Å². The Morgan fingerprint density at radius 1 is 1.11 bits per heavy atom. The first kappa shape index (κ1) is 13.4. The molecule has 0 aromatic carbocycles. The fourth-order valence-electron chi connectivity index (χ4n) is 3.82. The molecule has 1 atom stereocenters. The topological polar surface area (TPSA) is 35.6 Å². The second kappa shape index (κ2) is 5.06. The summed E-state index contributed by atoms with van der Waals surface area (Å²) < 4.78 is 0. The van der Waals surface area contributed by atoms with Crippen molar-refractivity contribution in [3.05, 3.63) is 0 Å². The van der Waals surface area contributed by atoms with E-state index >= 15 is 0 Å². The van der Waals surface area contributed by atoms with Crippen molar-refractivity contribution < 1.29 is 4.79 Å². The Bertz CT molecular complexity index is 343. The van der Waals surface area contributed by atoms with Gasteiger partial charge < -0.3 is 10.2 Å². The molecule has 1 saturated carbocycles. The Morgan fingerprint density at radius 3 is 2.26 bits per heavy atom. The summed E-state index contributed by atoms with van der Waals surface area (Å²) in [5.74, 6) is 0.783. The van der Waals surface area contributed by atoms with E-state index in [4.69, 9.17) is 0 Å². The van der Waals surface area contributed by atoms with Gasteiger partial charge in [0, 0.05) is 43.7 Å². The molecule has 4 heteroatoms. The molecule has 1 aliphatic carbocycles. The minimum Gasteiger partial charge on any atom is -0.340 e. The molecular formula is C15H27N3O. The fraction of sp³-hybridized carbons (Fsp3) is 0.933. The SMILES string of the molecule is CC1(C)NCCC1N1CCN(C(=O)C2CCC2)CC1. The van der Waals surface area contributed by atoms with Gasteiger partial charge in [0.05, 0.1) is 0 Å². The Labute approximate surface area is 116 Å². The Morgan fingerprint density at radius 2 is 1.79 bits per heavy atom. The number of hydrogen-bond acceptors (Lipinski definition) is 3. The third-order valence-electron chi connectivity index (χ3n) is 5.35. The van der Waals surface area contributed by atoms with Crippen molar-refractivity contribution in [1.29, 1.82) is 0 Å². The molecule has 0 aromatic rings. The van der Waals surface area contributed by atoms with Gasteiger partial charge >= 0.3 is 0 Å². The van der Waals surface area contributed by atoms with Gasteiger partial charge in [0.25, 0.3) is 0 Å². The lowest BCUT2D eigenvalue weighted by Gasteiger charge is -2.43. The highest BCUT2D eigenvalue weighted by molar-refractivity contribution is 5.79. The third kappa shape index (κ3) is 2.52. The van der Waals surface area contributed by atoms with Gasteiger partial charge in [-0.2, -0.15) is 0 Å². The zero-order valence-corrected chi connectivity index (χ0v) is 12.3. The average Bonchev–Trinajstić information content (AvgIpc) is 2.67. The van der Waals surface area contributed by atoms with Crippen molar-refractivity contribution in [3.8, 4) is 0 Å². The third-order valence-corrected chi connectivity index (χ3v) is 5.35. The summed E-state index contributed by atoms with van der Waals surface area (Å²) in [4.78, 5) is 16.9. The van der Waals surface area contributed by atoms with Crippen LogP contribution in [0.1, 0.15) is 39.5 Å². The van der Waals surface area contributed by atoms with Crippen LogP contribution in [0.4, 0.5) is 0 Å². The average molecular weight is 265 g/mol. The first-order valence-electron chi connectivity index (χ1n) is 7.86. The Hall–Kier alpha value is -0.610. The van der Waals surface area contributed by atoms with Gasteiger partial charge in [-0.15, -0.1) is 0 Å². The van der Waals surface area contributed by atoms with Crippen molar-refractivity contribution in [2.75, 3.05) is 32.7 Å². The Kier molecular flexibility index (Phi) is 3.56. The van der Waals surface area contributed by atoms with Crippen LogP contribution in [0.5, 0.6) is 0 Å². The number of hydrogen-bond donors (Lipinski definition) is 1. The molecule has 2 saturated heterocycles. The van der Waals surface area contributed by atoms with E-state index < -0.39 is 0 Å². The molecule has 0 radical (unpaired) electrons. The summed E-state index contributed by atoms with van der Waals surface area (Å²) in [6, 6.07) is 0.633. The number of nitrogens with one attached hydrogen (secondary N) is 1. The molecule has 3 rings (SSSR count). The quantitative estimate of drug-likeness (QED) is 0.811. The van der Waals surface area contributed by atoms with Crippen molar-refractivity contribution in [2.24, 2.45) is 5.92 Å². The molecule has 1 amide bonds. The van der Waals surface area contributed by atoms with E-state index in [1.165, 1.54) is 12.8 Å². The molecule has 4 nitrogen and oxygen atoms in total.